The molecule has 0 radical (unpaired) electrons. The molecule has 0 saturated carbocycles. The molecule has 0 fully saturated rings. The van der Waals surface area contributed by atoms with Crippen LogP contribution in [0.2, 0.25) is 0 Å². The Hall–Kier alpha value is -1.09. The minimum absolute atomic E-state index is 0.0896. The van der Waals surface area contributed by atoms with Gasteiger partial charge in [0.1, 0.15) is 12.3 Å². The van der Waals surface area contributed by atoms with Crippen LogP contribution >= 0.6 is 0 Å². The van der Waals surface area contributed by atoms with E-state index in [9.17, 15) is 0 Å². The SMILES string of the molecule is C/C=C(\CC)c1cc(CO)on1. The van der Waals surface area contributed by atoms with Gasteiger partial charge in [-0.2, -0.15) is 0 Å². The predicted molar refractivity (Wildman–Crippen MR) is 46.4 cm³/mol. The molecule has 0 atom stereocenters. The molecule has 3 nitrogen and oxygen atoms in total. The first-order chi connectivity index (χ1) is 5.81. The van der Waals surface area contributed by atoms with Crippen molar-refractivity contribution in [3.8, 4) is 0 Å². The van der Waals surface area contributed by atoms with Gasteiger partial charge in [0.25, 0.3) is 0 Å². The lowest BCUT2D eigenvalue weighted by Crippen LogP contribution is -1.80. The normalized spacial score (nSPS) is 12.1. The lowest BCUT2D eigenvalue weighted by molar-refractivity contribution is 0.229. The molecule has 0 aliphatic heterocycles. The highest BCUT2D eigenvalue weighted by atomic mass is 16.5. The van der Waals surface area contributed by atoms with E-state index in [2.05, 4.69) is 12.1 Å². The van der Waals surface area contributed by atoms with Gasteiger partial charge in [0.2, 0.25) is 0 Å². The molecule has 1 aromatic rings. The zero-order chi connectivity index (χ0) is 8.97. The first-order valence-electron chi connectivity index (χ1n) is 4.03. The summed E-state index contributed by atoms with van der Waals surface area (Å²) in [5.41, 5.74) is 1.96. The number of rotatable bonds is 3. The summed E-state index contributed by atoms with van der Waals surface area (Å²) < 4.78 is 4.86. The van der Waals surface area contributed by atoms with Gasteiger partial charge in [-0.3, -0.25) is 0 Å². The van der Waals surface area contributed by atoms with Gasteiger partial charge in [-0.1, -0.05) is 18.2 Å². The van der Waals surface area contributed by atoms with Crippen LogP contribution in [-0.2, 0) is 6.61 Å². The fourth-order valence-electron chi connectivity index (χ4n) is 1.07. The van der Waals surface area contributed by atoms with Crippen molar-refractivity contribution in [2.24, 2.45) is 0 Å². The van der Waals surface area contributed by atoms with Crippen LogP contribution in [-0.4, -0.2) is 10.3 Å². The highest BCUT2D eigenvalue weighted by molar-refractivity contribution is 5.61. The Morgan fingerprint density at radius 3 is 2.92 bits per heavy atom. The van der Waals surface area contributed by atoms with Crippen molar-refractivity contribution in [1.82, 2.24) is 5.16 Å². The van der Waals surface area contributed by atoms with Crippen LogP contribution in [0.4, 0.5) is 0 Å². The number of aliphatic hydroxyl groups is 1. The van der Waals surface area contributed by atoms with Gasteiger partial charge in [0.05, 0.1) is 0 Å². The Kier molecular flexibility index (Phi) is 3.05. The van der Waals surface area contributed by atoms with E-state index < -0.39 is 0 Å². The molecular weight excluding hydrogens is 154 g/mol. The third-order valence-corrected chi connectivity index (χ3v) is 1.77. The number of allylic oxidation sites excluding steroid dienone is 2. The van der Waals surface area contributed by atoms with Gasteiger partial charge >= 0.3 is 0 Å². The average Bonchev–Trinajstić information content (AvgIpc) is 2.55. The maximum absolute atomic E-state index is 8.72. The second-order valence-corrected chi connectivity index (χ2v) is 2.50. The first kappa shape index (κ1) is 9.00. The smallest absolute Gasteiger partial charge is 0.162 e. The number of aliphatic hydroxyl groups excluding tert-OH is 1. The van der Waals surface area contributed by atoms with Crippen LogP contribution in [0.5, 0.6) is 0 Å². The Morgan fingerprint density at radius 2 is 2.50 bits per heavy atom. The van der Waals surface area contributed by atoms with Gasteiger partial charge in [-0.25, -0.2) is 0 Å². The molecule has 0 spiro atoms. The quantitative estimate of drug-likeness (QED) is 0.748. The Bertz CT molecular complexity index is 276. The molecule has 0 aromatic carbocycles. The Balaban J connectivity index is 2.87. The molecule has 0 bridgehead atoms. The molecule has 3 heteroatoms. The number of hydrogen-bond donors (Lipinski definition) is 1. The zero-order valence-corrected chi connectivity index (χ0v) is 7.37. The van der Waals surface area contributed by atoms with Crippen molar-refractivity contribution in [2.75, 3.05) is 0 Å². The molecule has 0 aliphatic carbocycles. The van der Waals surface area contributed by atoms with Gasteiger partial charge in [-0.15, -0.1) is 0 Å². The van der Waals surface area contributed by atoms with E-state index in [1.807, 2.05) is 13.0 Å². The molecule has 1 N–H and O–H groups in total. The van der Waals surface area contributed by atoms with Gasteiger partial charge in [-0.05, 0) is 18.9 Å². The molecular formula is C9H13NO2. The van der Waals surface area contributed by atoms with Crippen molar-refractivity contribution in [3.63, 3.8) is 0 Å². The van der Waals surface area contributed by atoms with Gasteiger partial charge < -0.3 is 9.63 Å². The summed E-state index contributed by atoms with van der Waals surface area (Å²) in [5.74, 6) is 0.512. The van der Waals surface area contributed by atoms with Crippen molar-refractivity contribution in [2.45, 2.75) is 26.9 Å². The summed E-state index contributed by atoms with van der Waals surface area (Å²) in [6.07, 6.45) is 2.92. The first-order valence-corrected chi connectivity index (χ1v) is 4.03. The van der Waals surface area contributed by atoms with Crippen LogP contribution < -0.4 is 0 Å². The molecule has 0 aliphatic rings. The third kappa shape index (κ3) is 1.74. The zero-order valence-electron chi connectivity index (χ0n) is 7.37. The van der Waals surface area contributed by atoms with E-state index in [-0.39, 0.29) is 6.61 Å². The van der Waals surface area contributed by atoms with Crippen LogP contribution in [0.1, 0.15) is 31.7 Å². The second-order valence-electron chi connectivity index (χ2n) is 2.50. The number of aromatic nitrogens is 1. The van der Waals surface area contributed by atoms with E-state index in [0.717, 1.165) is 17.7 Å². The Labute approximate surface area is 71.7 Å². The van der Waals surface area contributed by atoms with E-state index in [0.29, 0.717) is 5.76 Å². The Morgan fingerprint density at radius 1 is 1.75 bits per heavy atom. The van der Waals surface area contributed by atoms with Crippen LogP contribution in [0.15, 0.2) is 16.7 Å². The molecule has 12 heavy (non-hydrogen) atoms. The summed E-state index contributed by atoms with van der Waals surface area (Å²) in [6.45, 7) is 3.93. The fourth-order valence-corrected chi connectivity index (χ4v) is 1.07. The minimum atomic E-state index is -0.0896. The van der Waals surface area contributed by atoms with Crippen LogP contribution in [0.25, 0.3) is 5.57 Å². The van der Waals surface area contributed by atoms with Crippen LogP contribution in [0, 0.1) is 0 Å². The summed E-state index contributed by atoms with van der Waals surface area (Å²) in [5, 5.41) is 12.6. The number of nitrogens with zero attached hydrogens (tertiary/aromatic N) is 1. The third-order valence-electron chi connectivity index (χ3n) is 1.77. The van der Waals surface area contributed by atoms with Crippen molar-refractivity contribution in [3.05, 3.63) is 23.6 Å². The lowest BCUT2D eigenvalue weighted by Gasteiger charge is -1.94. The van der Waals surface area contributed by atoms with E-state index in [4.69, 9.17) is 9.63 Å². The average molecular weight is 167 g/mol. The maximum Gasteiger partial charge on any atom is 0.162 e. The van der Waals surface area contributed by atoms with Crippen molar-refractivity contribution >= 4 is 5.57 Å². The monoisotopic (exact) mass is 167 g/mol. The summed E-state index contributed by atoms with van der Waals surface area (Å²) >= 11 is 0. The largest absolute Gasteiger partial charge is 0.388 e. The van der Waals surface area contributed by atoms with Gasteiger partial charge in [0.15, 0.2) is 5.76 Å². The highest BCUT2D eigenvalue weighted by Crippen LogP contribution is 2.17. The fraction of sp³-hybridized carbons (Fsp3) is 0.444. The van der Waals surface area contributed by atoms with E-state index >= 15 is 0 Å². The molecule has 1 aromatic heterocycles. The molecule has 66 valence electrons. The molecule has 0 unspecified atom stereocenters. The minimum Gasteiger partial charge on any atom is -0.388 e. The highest BCUT2D eigenvalue weighted by Gasteiger charge is 2.05. The number of hydrogen-bond acceptors (Lipinski definition) is 3. The summed E-state index contributed by atoms with van der Waals surface area (Å²) in [6, 6.07) is 1.76. The summed E-state index contributed by atoms with van der Waals surface area (Å²) in [7, 11) is 0. The van der Waals surface area contributed by atoms with Gasteiger partial charge in [0, 0.05) is 6.07 Å². The second kappa shape index (κ2) is 4.07. The van der Waals surface area contributed by atoms with E-state index in [1.54, 1.807) is 6.07 Å². The van der Waals surface area contributed by atoms with Crippen molar-refractivity contribution < 1.29 is 9.63 Å². The molecule has 1 heterocycles. The standard InChI is InChI=1S/C9H13NO2/c1-3-7(4-2)9-5-8(6-11)12-10-9/h3,5,11H,4,6H2,1-2H3/b7-3+. The maximum atomic E-state index is 8.72. The molecule has 0 saturated heterocycles. The van der Waals surface area contributed by atoms with Crippen LogP contribution in [0.3, 0.4) is 0 Å². The summed E-state index contributed by atoms with van der Waals surface area (Å²) in [4.78, 5) is 0. The molecule has 1 rings (SSSR count). The lowest BCUT2D eigenvalue weighted by atomic mass is 10.1. The molecule has 0 amide bonds. The predicted octanol–water partition coefficient (Wildman–Crippen LogP) is 1.98. The topological polar surface area (TPSA) is 46.3 Å². The van der Waals surface area contributed by atoms with Crippen molar-refractivity contribution in [1.29, 1.82) is 0 Å². The van der Waals surface area contributed by atoms with E-state index in [1.165, 1.54) is 0 Å².